The SMILES string of the molecule is CCCCCCC(C)NC(=NC1CCCC1)NN. The topological polar surface area (TPSA) is 62.4 Å². The molecule has 0 bridgehead atoms. The van der Waals surface area contributed by atoms with Gasteiger partial charge in [0.25, 0.3) is 0 Å². The number of unbranched alkanes of at least 4 members (excludes halogenated alkanes) is 3. The molecule has 1 unspecified atom stereocenters. The van der Waals surface area contributed by atoms with E-state index in [9.17, 15) is 0 Å². The van der Waals surface area contributed by atoms with Crippen molar-refractivity contribution in [3.63, 3.8) is 0 Å². The van der Waals surface area contributed by atoms with Crippen molar-refractivity contribution in [2.45, 2.75) is 83.7 Å². The quantitative estimate of drug-likeness (QED) is 0.215. The molecule has 0 aromatic carbocycles. The zero-order chi connectivity index (χ0) is 13.2. The second kappa shape index (κ2) is 9.20. The van der Waals surface area contributed by atoms with Crippen LogP contribution in [0.25, 0.3) is 0 Å². The first-order valence-electron chi connectivity index (χ1n) is 7.57. The number of hydrogen-bond donors (Lipinski definition) is 3. The minimum Gasteiger partial charge on any atom is -0.353 e. The summed E-state index contributed by atoms with van der Waals surface area (Å²) in [6.45, 7) is 4.44. The average molecular weight is 254 g/mol. The molecule has 1 aliphatic rings. The summed E-state index contributed by atoms with van der Waals surface area (Å²) in [6, 6.07) is 0.911. The van der Waals surface area contributed by atoms with Gasteiger partial charge in [-0.2, -0.15) is 0 Å². The number of nitrogens with two attached hydrogens (primary N) is 1. The first kappa shape index (κ1) is 15.3. The van der Waals surface area contributed by atoms with Crippen LogP contribution in [0.3, 0.4) is 0 Å². The van der Waals surface area contributed by atoms with E-state index in [1.165, 1.54) is 57.8 Å². The van der Waals surface area contributed by atoms with Crippen LogP contribution >= 0.6 is 0 Å². The molecule has 18 heavy (non-hydrogen) atoms. The number of nitrogens with one attached hydrogen (secondary N) is 2. The van der Waals surface area contributed by atoms with E-state index in [4.69, 9.17) is 5.84 Å². The molecule has 1 saturated carbocycles. The maximum absolute atomic E-state index is 5.53. The van der Waals surface area contributed by atoms with Crippen molar-refractivity contribution in [3.8, 4) is 0 Å². The summed E-state index contributed by atoms with van der Waals surface area (Å²) in [7, 11) is 0. The van der Waals surface area contributed by atoms with E-state index in [-0.39, 0.29) is 0 Å². The van der Waals surface area contributed by atoms with Gasteiger partial charge in [0.05, 0.1) is 6.04 Å². The molecular weight excluding hydrogens is 224 g/mol. The summed E-state index contributed by atoms with van der Waals surface area (Å²) in [4.78, 5) is 4.65. The third-order valence-electron chi connectivity index (χ3n) is 3.65. The van der Waals surface area contributed by atoms with E-state index in [1.54, 1.807) is 0 Å². The molecule has 4 nitrogen and oxygen atoms in total. The number of rotatable bonds is 7. The number of hydrazine groups is 1. The minimum absolute atomic E-state index is 0.443. The van der Waals surface area contributed by atoms with E-state index >= 15 is 0 Å². The molecule has 4 N–H and O–H groups in total. The second-order valence-electron chi connectivity index (χ2n) is 5.46. The second-order valence-corrected chi connectivity index (χ2v) is 5.46. The minimum atomic E-state index is 0.443. The number of nitrogens with zero attached hydrogens (tertiary/aromatic N) is 1. The summed E-state index contributed by atoms with van der Waals surface area (Å²) in [5.74, 6) is 6.30. The largest absolute Gasteiger partial charge is 0.353 e. The Morgan fingerprint density at radius 1 is 1.28 bits per heavy atom. The van der Waals surface area contributed by atoms with Gasteiger partial charge in [-0.15, -0.1) is 0 Å². The molecule has 0 radical (unpaired) electrons. The molecule has 106 valence electrons. The molecule has 4 heteroatoms. The molecular formula is C14H30N4. The zero-order valence-electron chi connectivity index (χ0n) is 12.0. The van der Waals surface area contributed by atoms with Crippen molar-refractivity contribution < 1.29 is 0 Å². The van der Waals surface area contributed by atoms with Gasteiger partial charge >= 0.3 is 0 Å². The summed E-state index contributed by atoms with van der Waals surface area (Å²) in [5.41, 5.74) is 2.70. The molecule has 1 rings (SSSR count). The molecule has 1 atom stereocenters. The molecule has 0 heterocycles. The summed E-state index contributed by atoms with van der Waals surface area (Å²) in [6.07, 6.45) is 11.4. The molecule has 0 aliphatic heterocycles. The van der Waals surface area contributed by atoms with Gasteiger partial charge in [0, 0.05) is 6.04 Å². The Bertz CT molecular complexity index is 234. The van der Waals surface area contributed by atoms with Crippen LogP contribution in [0.4, 0.5) is 0 Å². The van der Waals surface area contributed by atoms with Crippen molar-refractivity contribution >= 4 is 5.96 Å². The van der Waals surface area contributed by atoms with Crippen molar-refractivity contribution in [2.24, 2.45) is 10.8 Å². The van der Waals surface area contributed by atoms with E-state index in [2.05, 4.69) is 29.6 Å². The fourth-order valence-corrected chi connectivity index (χ4v) is 2.52. The molecule has 1 fully saturated rings. The van der Waals surface area contributed by atoms with E-state index < -0.39 is 0 Å². The van der Waals surface area contributed by atoms with Crippen molar-refractivity contribution in [2.75, 3.05) is 0 Å². The van der Waals surface area contributed by atoms with Gasteiger partial charge in [0.2, 0.25) is 5.96 Å². The van der Waals surface area contributed by atoms with Gasteiger partial charge in [-0.05, 0) is 26.2 Å². The molecule has 0 saturated heterocycles. The molecule has 0 spiro atoms. The predicted octanol–water partition coefficient (Wildman–Crippen LogP) is 2.70. The van der Waals surface area contributed by atoms with Gasteiger partial charge in [0.1, 0.15) is 0 Å². The smallest absolute Gasteiger partial charge is 0.206 e. The number of hydrogen-bond acceptors (Lipinski definition) is 2. The van der Waals surface area contributed by atoms with Gasteiger partial charge in [0.15, 0.2) is 0 Å². The van der Waals surface area contributed by atoms with Crippen molar-refractivity contribution in [1.29, 1.82) is 0 Å². The van der Waals surface area contributed by atoms with Crippen LogP contribution in [0, 0.1) is 0 Å². The average Bonchev–Trinajstić information content (AvgIpc) is 2.86. The van der Waals surface area contributed by atoms with Crippen LogP contribution in [0.5, 0.6) is 0 Å². The lowest BCUT2D eigenvalue weighted by Gasteiger charge is -2.17. The third-order valence-corrected chi connectivity index (χ3v) is 3.65. The van der Waals surface area contributed by atoms with E-state index in [0.29, 0.717) is 12.1 Å². The maximum Gasteiger partial charge on any atom is 0.206 e. The fraction of sp³-hybridized carbons (Fsp3) is 0.929. The Hall–Kier alpha value is -0.770. The van der Waals surface area contributed by atoms with Crippen LogP contribution in [0.2, 0.25) is 0 Å². The normalized spacial score (nSPS) is 18.9. The van der Waals surface area contributed by atoms with E-state index in [1.807, 2.05) is 0 Å². The fourth-order valence-electron chi connectivity index (χ4n) is 2.52. The van der Waals surface area contributed by atoms with Gasteiger partial charge in [-0.25, -0.2) is 10.8 Å². The van der Waals surface area contributed by atoms with Crippen LogP contribution < -0.4 is 16.6 Å². The molecule has 1 aliphatic carbocycles. The van der Waals surface area contributed by atoms with Crippen molar-refractivity contribution in [1.82, 2.24) is 10.7 Å². The van der Waals surface area contributed by atoms with Crippen molar-refractivity contribution in [3.05, 3.63) is 0 Å². The monoisotopic (exact) mass is 254 g/mol. The Balaban J connectivity index is 2.23. The summed E-state index contributed by atoms with van der Waals surface area (Å²) >= 11 is 0. The number of guanidine groups is 1. The lowest BCUT2D eigenvalue weighted by atomic mass is 10.1. The van der Waals surface area contributed by atoms with Gasteiger partial charge < -0.3 is 5.32 Å². The third kappa shape index (κ3) is 6.24. The lowest BCUT2D eigenvalue weighted by molar-refractivity contribution is 0.534. The summed E-state index contributed by atoms with van der Waals surface area (Å²) in [5, 5.41) is 3.38. The first-order chi connectivity index (χ1) is 8.76. The highest BCUT2D eigenvalue weighted by Crippen LogP contribution is 2.20. The first-order valence-corrected chi connectivity index (χ1v) is 7.57. The lowest BCUT2D eigenvalue weighted by Crippen LogP contribution is -2.46. The zero-order valence-corrected chi connectivity index (χ0v) is 12.0. The van der Waals surface area contributed by atoms with Crippen LogP contribution in [-0.2, 0) is 0 Å². The number of aliphatic imine (C=N–C) groups is 1. The Morgan fingerprint density at radius 3 is 2.61 bits per heavy atom. The highest BCUT2D eigenvalue weighted by molar-refractivity contribution is 5.79. The van der Waals surface area contributed by atoms with Crippen LogP contribution in [0.1, 0.15) is 71.6 Å². The predicted molar refractivity (Wildman–Crippen MR) is 78.4 cm³/mol. The molecule has 0 aromatic rings. The van der Waals surface area contributed by atoms with E-state index in [0.717, 1.165) is 5.96 Å². The highest BCUT2D eigenvalue weighted by Gasteiger charge is 2.15. The standard InChI is InChI=1S/C14H30N4/c1-3-4-5-6-9-12(2)16-14(18-15)17-13-10-7-8-11-13/h12-13H,3-11,15H2,1-2H3,(H2,16,17,18). The highest BCUT2D eigenvalue weighted by atomic mass is 15.3. The van der Waals surface area contributed by atoms with Crippen LogP contribution in [-0.4, -0.2) is 18.0 Å². The molecule has 0 aromatic heterocycles. The maximum atomic E-state index is 5.53. The van der Waals surface area contributed by atoms with Gasteiger partial charge in [-0.1, -0.05) is 45.4 Å². The molecule has 0 amide bonds. The Labute approximate surface area is 112 Å². The van der Waals surface area contributed by atoms with Gasteiger partial charge in [-0.3, -0.25) is 5.43 Å². The van der Waals surface area contributed by atoms with Crippen LogP contribution in [0.15, 0.2) is 4.99 Å². The Morgan fingerprint density at radius 2 is 2.00 bits per heavy atom. The summed E-state index contributed by atoms with van der Waals surface area (Å²) < 4.78 is 0. The Kier molecular flexibility index (Phi) is 7.81.